The summed E-state index contributed by atoms with van der Waals surface area (Å²) in [5.74, 6) is 0.0707. The predicted molar refractivity (Wildman–Crippen MR) is 77.6 cm³/mol. The van der Waals surface area contributed by atoms with Crippen molar-refractivity contribution in [1.82, 2.24) is 4.90 Å². The minimum absolute atomic E-state index is 0.0545. The number of hydrogen-bond acceptors (Lipinski definition) is 5. The van der Waals surface area contributed by atoms with Crippen molar-refractivity contribution in [3.8, 4) is 0 Å². The zero-order valence-electron chi connectivity index (χ0n) is 11.2. The van der Waals surface area contributed by atoms with E-state index >= 15 is 0 Å². The van der Waals surface area contributed by atoms with E-state index in [2.05, 4.69) is 0 Å². The van der Waals surface area contributed by atoms with Crippen LogP contribution in [0.5, 0.6) is 0 Å². The number of carbonyl (C=O) groups is 1. The number of amides is 1. The summed E-state index contributed by atoms with van der Waals surface area (Å²) in [4.78, 5) is 25.0. The third kappa shape index (κ3) is 3.49. The molecular formula is C13H17N3O3S. The van der Waals surface area contributed by atoms with Crippen LogP contribution in [0.1, 0.15) is 13.3 Å². The van der Waals surface area contributed by atoms with E-state index in [-0.39, 0.29) is 22.9 Å². The summed E-state index contributed by atoms with van der Waals surface area (Å²) in [6.45, 7) is 3.17. The van der Waals surface area contributed by atoms with Crippen molar-refractivity contribution in [2.75, 3.05) is 13.1 Å². The van der Waals surface area contributed by atoms with E-state index in [1.165, 1.54) is 23.9 Å². The van der Waals surface area contributed by atoms with Gasteiger partial charge in [-0.2, -0.15) is 0 Å². The van der Waals surface area contributed by atoms with Crippen molar-refractivity contribution in [1.29, 1.82) is 0 Å². The Hall–Kier alpha value is -1.60. The molecule has 6 nitrogen and oxygen atoms in total. The lowest BCUT2D eigenvalue weighted by Crippen LogP contribution is -2.36. The lowest BCUT2D eigenvalue weighted by molar-refractivity contribution is -0.384. The molecule has 2 N–H and O–H groups in total. The van der Waals surface area contributed by atoms with Gasteiger partial charge in [0.25, 0.3) is 5.69 Å². The van der Waals surface area contributed by atoms with Crippen molar-refractivity contribution >= 4 is 23.4 Å². The van der Waals surface area contributed by atoms with E-state index in [0.717, 1.165) is 11.3 Å². The van der Waals surface area contributed by atoms with Gasteiger partial charge in [-0.25, -0.2) is 0 Å². The molecule has 7 heteroatoms. The molecular weight excluding hydrogens is 278 g/mol. The Kier molecular flexibility index (Phi) is 4.61. The van der Waals surface area contributed by atoms with Gasteiger partial charge in [-0.1, -0.05) is 0 Å². The molecule has 0 spiro atoms. The molecule has 1 aromatic carbocycles. The van der Waals surface area contributed by atoms with Crippen LogP contribution in [-0.2, 0) is 4.79 Å². The van der Waals surface area contributed by atoms with Gasteiger partial charge in [-0.15, -0.1) is 11.8 Å². The van der Waals surface area contributed by atoms with E-state index in [0.29, 0.717) is 13.1 Å². The number of benzene rings is 1. The molecule has 1 unspecified atom stereocenters. The number of carbonyl (C=O) groups excluding carboxylic acids is 1. The molecule has 0 aromatic heterocycles. The highest BCUT2D eigenvalue weighted by molar-refractivity contribution is 8.00. The predicted octanol–water partition coefficient (Wildman–Crippen LogP) is 1.63. The number of nitrogens with two attached hydrogens (primary N) is 1. The number of nitro benzene ring substituents is 1. The highest BCUT2D eigenvalue weighted by Crippen LogP contribution is 2.27. The molecule has 0 bridgehead atoms. The molecule has 1 fully saturated rings. The topological polar surface area (TPSA) is 89.5 Å². The van der Waals surface area contributed by atoms with Gasteiger partial charge in [0, 0.05) is 36.2 Å². The Morgan fingerprint density at radius 3 is 2.65 bits per heavy atom. The molecule has 1 aromatic rings. The maximum atomic E-state index is 12.2. The van der Waals surface area contributed by atoms with Crippen molar-refractivity contribution in [2.24, 2.45) is 5.73 Å². The molecule has 1 amide bonds. The fraction of sp³-hybridized carbons (Fsp3) is 0.462. The van der Waals surface area contributed by atoms with Crippen LogP contribution in [-0.4, -0.2) is 40.1 Å². The van der Waals surface area contributed by atoms with E-state index in [4.69, 9.17) is 5.73 Å². The number of thioether (sulfide) groups is 1. The average molecular weight is 295 g/mol. The van der Waals surface area contributed by atoms with Crippen LogP contribution in [0.2, 0.25) is 0 Å². The number of rotatable bonds is 4. The average Bonchev–Trinajstić information content (AvgIpc) is 2.85. The Morgan fingerprint density at radius 1 is 1.50 bits per heavy atom. The molecule has 2 atom stereocenters. The fourth-order valence-corrected chi connectivity index (χ4v) is 3.10. The third-order valence-electron chi connectivity index (χ3n) is 3.24. The smallest absolute Gasteiger partial charge is 0.269 e. The Balaban J connectivity index is 1.95. The molecule has 1 aliphatic heterocycles. The van der Waals surface area contributed by atoms with Crippen molar-refractivity contribution in [3.63, 3.8) is 0 Å². The quantitative estimate of drug-likeness (QED) is 0.518. The first-order valence-corrected chi connectivity index (χ1v) is 7.31. The van der Waals surface area contributed by atoms with Crippen LogP contribution < -0.4 is 5.73 Å². The maximum absolute atomic E-state index is 12.2. The van der Waals surface area contributed by atoms with Crippen LogP contribution in [0.25, 0.3) is 0 Å². The first kappa shape index (κ1) is 14.8. The lowest BCUT2D eigenvalue weighted by Gasteiger charge is -2.20. The normalized spacial score (nSPS) is 19.9. The molecule has 1 saturated heterocycles. The van der Waals surface area contributed by atoms with Crippen molar-refractivity contribution in [3.05, 3.63) is 34.4 Å². The van der Waals surface area contributed by atoms with Crippen molar-refractivity contribution < 1.29 is 9.72 Å². The molecule has 1 heterocycles. The second-order valence-corrected chi connectivity index (χ2v) is 6.26. The van der Waals surface area contributed by atoms with Crippen LogP contribution in [0.3, 0.4) is 0 Å². The largest absolute Gasteiger partial charge is 0.340 e. The maximum Gasteiger partial charge on any atom is 0.269 e. The molecule has 0 aliphatic carbocycles. The Bertz CT molecular complexity index is 506. The zero-order chi connectivity index (χ0) is 14.7. The molecule has 20 heavy (non-hydrogen) atoms. The molecule has 0 saturated carbocycles. The van der Waals surface area contributed by atoms with E-state index in [9.17, 15) is 14.9 Å². The summed E-state index contributed by atoms with van der Waals surface area (Å²) in [6, 6.07) is 6.32. The van der Waals surface area contributed by atoms with Gasteiger partial charge in [0.2, 0.25) is 5.91 Å². The van der Waals surface area contributed by atoms with Gasteiger partial charge in [-0.05, 0) is 25.5 Å². The number of hydrogen-bond donors (Lipinski definition) is 1. The number of likely N-dealkylation sites (tertiary alicyclic amines) is 1. The lowest BCUT2D eigenvalue weighted by atomic mass is 10.3. The summed E-state index contributed by atoms with van der Waals surface area (Å²) >= 11 is 1.41. The van der Waals surface area contributed by atoms with Gasteiger partial charge in [-0.3, -0.25) is 14.9 Å². The summed E-state index contributed by atoms with van der Waals surface area (Å²) in [5.41, 5.74) is 5.85. The molecule has 2 rings (SSSR count). The third-order valence-corrected chi connectivity index (χ3v) is 4.34. The highest BCUT2D eigenvalue weighted by Gasteiger charge is 2.27. The van der Waals surface area contributed by atoms with E-state index in [1.807, 2.05) is 6.92 Å². The number of nitrogens with zero attached hydrogens (tertiary/aromatic N) is 2. The van der Waals surface area contributed by atoms with Crippen LogP contribution in [0, 0.1) is 10.1 Å². The summed E-state index contributed by atoms with van der Waals surface area (Å²) in [7, 11) is 0. The summed E-state index contributed by atoms with van der Waals surface area (Å²) in [5, 5.41) is 10.4. The first-order valence-electron chi connectivity index (χ1n) is 6.43. The van der Waals surface area contributed by atoms with E-state index < -0.39 is 4.92 Å². The highest BCUT2D eigenvalue weighted by atomic mass is 32.2. The second-order valence-electron chi connectivity index (χ2n) is 4.84. The first-order chi connectivity index (χ1) is 9.47. The van der Waals surface area contributed by atoms with Crippen LogP contribution >= 0.6 is 11.8 Å². The monoisotopic (exact) mass is 295 g/mol. The number of nitro groups is 1. The van der Waals surface area contributed by atoms with E-state index in [1.54, 1.807) is 17.0 Å². The second kappa shape index (κ2) is 6.23. The van der Waals surface area contributed by atoms with Gasteiger partial charge in [0.05, 0.1) is 10.2 Å². The summed E-state index contributed by atoms with van der Waals surface area (Å²) in [6.07, 6.45) is 0.848. The SMILES string of the molecule is CC(Sc1ccc([N+](=O)[O-])cc1)C(=O)N1CC[C@@H](N)C1. The minimum atomic E-state index is -0.436. The minimum Gasteiger partial charge on any atom is -0.340 e. The van der Waals surface area contributed by atoms with Crippen LogP contribution in [0.4, 0.5) is 5.69 Å². The fourth-order valence-electron chi connectivity index (χ4n) is 2.15. The molecule has 1 aliphatic rings. The Morgan fingerprint density at radius 2 is 2.15 bits per heavy atom. The molecule has 0 radical (unpaired) electrons. The summed E-state index contributed by atoms with van der Waals surface area (Å²) < 4.78 is 0. The van der Waals surface area contributed by atoms with Gasteiger partial charge in [0.1, 0.15) is 0 Å². The Labute approximate surface area is 121 Å². The van der Waals surface area contributed by atoms with Gasteiger partial charge in [0.15, 0.2) is 0 Å². The van der Waals surface area contributed by atoms with Crippen LogP contribution in [0.15, 0.2) is 29.2 Å². The van der Waals surface area contributed by atoms with Gasteiger partial charge < -0.3 is 10.6 Å². The molecule has 108 valence electrons. The standard InChI is InChI=1S/C13H17N3O3S/c1-9(13(17)15-7-6-10(14)8-15)20-12-4-2-11(3-5-12)16(18)19/h2-5,9-10H,6-8,14H2,1H3/t9?,10-/m1/s1. The zero-order valence-corrected chi connectivity index (χ0v) is 12.0. The van der Waals surface area contributed by atoms with Crippen molar-refractivity contribution in [2.45, 2.75) is 29.5 Å². The van der Waals surface area contributed by atoms with Gasteiger partial charge >= 0.3 is 0 Å². The number of non-ortho nitro benzene ring substituents is 1.